The van der Waals surface area contributed by atoms with Crippen LogP contribution in [0, 0.1) is 17.8 Å². The molecule has 0 aromatic carbocycles. The van der Waals surface area contributed by atoms with Gasteiger partial charge in [-0.15, -0.1) is 0 Å². The first-order chi connectivity index (χ1) is 5.91. The molecule has 0 radical (unpaired) electrons. The van der Waals surface area contributed by atoms with Gasteiger partial charge in [0.15, 0.2) is 0 Å². The van der Waals surface area contributed by atoms with Gasteiger partial charge in [0.2, 0.25) is 0 Å². The molecule has 1 heteroatoms. The summed E-state index contributed by atoms with van der Waals surface area (Å²) in [6.07, 6.45) is 2.36. The summed E-state index contributed by atoms with van der Waals surface area (Å²) in [7, 11) is 0. The summed E-state index contributed by atoms with van der Waals surface area (Å²) in [5, 5.41) is 0. The fourth-order valence-electron chi connectivity index (χ4n) is 2.33. The maximum absolute atomic E-state index is 6.55. The fraction of sp³-hybridized carbons (Fsp3) is 1.00. The lowest BCUT2D eigenvalue weighted by Gasteiger charge is -2.44. The molecule has 0 heterocycles. The van der Waals surface area contributed by atoms with Gasteiger partial charge < -0.3 is 5.73 Å². The Morgan fingerprint density at radius 1 is 0.923 bits per heavy atom. The highest BCUT2D eigenvalue weighted by Gasteiger charge is 2.38. The predicted molar refractivity (Wildman–Crippen MR) is 60.7 cm³/mol. The summed E-state index contributed by atoms with van der Waals surface area (Å²) in [5.41, 5.74) is 6.57. The van der Waals surface area contributed by atoms with E-state index in [0.717, 1.165) is 0 Å². The van der Waals surface area contributed by atoms with Gasteiger partial charge in [0.25, 0.3) is 0 Å². The Kier molecular flexibility index (Phi) is 4.98. The zero-order chi connectivity index (χ0) is 10.6. The van der Waals surface area contributed by atoms with Crippen molar-refractivity contribution in [1.29, 1.82) is 0 Å². The van der Waals surface area contributed by atoms with Gasteiger partial charge in [-0.1, -0.05) is 54.4 Å². The van der Waals surface area contributed by atoms with Crippen molar-refractivity contribution in [2.45, 2.75) is 59.9 Å². The minimum atomic E-state index is 0.0174. The van der Waals surface area contributed by atoms with Crippen LogP contribution in [0.4, 0.5) is 0 Å². The van der Waals surface area contributed by atoms with E-state index in [1.165, 1.54) is 12.8 Å². The molecule has 0 fully saturated rings. The molecule has 1 nitrogen and oxygen atoms in total. The van der Waals surface area contributed by atoms with Crippen LogP contribution in [0.2, 0.25) is 0 Å². The van der Waals surface area contributed by atoms with Crippen molar-refractivity contribution < 1.29 is 0 Å². The minimum absolute atomic E-state index is 0.0174. The van der Waals surface area contributed by atoms with Crippen LogP contribution in [0.5, 0.6) is 0 Å². The van der Waals surface area contributed by atoms with E-state index in [9.17, 15) is 0 Å². The van der Waals surface area contributed by atoms with Crippen LogP contribution in [-0.2, 0) is 0 Å². The number of rotatable bonds is 5. The van der Waals surface area contributed by atoms with E-state index in [1.54, 1.807) is 0 Å². The van der Waals surface area contributed by atoms with Crippen molar-refractivity contribution in [3.63, 3.8) is 0 Å². The zero-order valence-electron chi connectivity index (χ0n) is 10.2. The highest BCUT2D eigenvalue weighted by atomic mass is 14.8. The number of nitrogens with two attached hydrogens (primary N) is 1. The maximum atomic E-state index is 6.55. The molecule has 0 saturated heterocycles. The highest BCUT2D eigenvalue weighted by molar-refractivity contribution is 4.95. The Bertz CT molecular complexity index is 130. The fourth-order valence-corrected chi connectivity index (χ4v) is 2.33. The predicted octanol–water partition coefficient (Wildman–Crippen LogP) is 3.43. The summed E-state index contributed by atoms with van der Waals surface area (Å²) in [5.74, 6) is 1.79. The molecule has 0 aliphatic rings. The molecular weight excluding hydrogens is 158 g/mol. The summed E-state index contributed by atoms with van der Waals surface area (Å²) < 4.78 is 0. The van der Waals surface area contributed by atoms with Crippen molar-refractivity contribution in [2.24, 2.45) is 23.5 Å². The molecule has 0 aromatic rings. The first-order valence-electron chi connectivity index (χ1n) is 5.69. The summed E-state index contributed by atoms with van der Waals surface area (Å²) in [6.45, 7) is 13.5. The molecule has 0 aliphatic carbocycles. The first kappa shape index (κ1) is 13.0. The monoisotopic (exact) mass is 185 g/mol. The lowest BCUT2D eigenvalue weighted by molar-refractivity contribution is 0.127. The Balaban J connectivity index is 4.71. The van der Waals surface area contributed by atoms with Crippen LogP contribution in [0.25, 0.3) is 0 Å². The maximum Gasteiger partial charge on any atom is 0.0229 e. The Labute approximate surface area is 84.1 Å². The third-order valence-electron chi connectivity index (χ3n) is 3.93. The van der Waals surface area contributed by atoms with Crippen LogP contribution in [0.1, 0.15) is 54.4 Å². The molecule has 0 rings (SSSR count). The van der Waals surface area contributed by atoms with E-state index in [4.69, 9.17) is 5.73 Å². The molecule has 0 amide bonds. The van der Waals surface area contributed by atoms with Crippen molar-refractivity contribution in [2.75, 3.05) is 0 Å². The van der Waals surface area contributed by atoms with Crippen molar-refractivity contribution >= 4 is 0 Å². The van der Waals surface area contributed by atoms with E-state index in [0.29, 0.717) is 17.8 Å². The molecule has 2 atom stereocenters. The molecular formula is C12H27N. The van der Waals surface area contributed by atoms with Crippen molar-refractivity contribution in [1.82, 2.24) is 0 Å². The van der Waals surface area contributed by atoms with E-state index in [2.05, 4.69) is 41.5 Å². The smallest absolute Gasteiger partial charge is 0.0229 e. The normalized spacial score (nSPS) is 21.2. The quantitative estimate of drug-likeness (QED) is 0.697. The number of hydrogen-bond donors (Lipinski definition) is 1. The zero-order valence-corrected chi connectivity index (χ0v) is 10.2. The van der Waals surface area contributed by atoms with Gasteiger partial charge in [-0.2, -0.15) is 0 Å². The second-order valence-electron chi connectivity index (χ2n) is 4.77. The standard InChI is InChI=1S/C12H27N/c1-7-10(5)12(13,9(3)4)11(6)8-2/h9-11H,7-8,13H2,1-6H3. The van der Waals surface area contributed by atoms with Gasteiger partial charge >= 0.3 is 0 Å². The largest absolute Gasteiger partial charge is 0.324 e. The Morgan fingerprint density at radius 3 is 1.38 bits per heavy atom. The van der Waals surface area contributed by atoms with Crippen LogP contribution >= 0.6 is 0 Å². The second-order valence-corrected chi connectivity index (χ2v) is 4.77. The molecule has 2 N–H and O–H groups in total. The molecule has 0 spiro atoms. The molecule has 0 aromatic heterocycles. The summed E-state index contributed by atoms with van der Waals surface area (Å²) >= 11 is 0. The van der Waals surface area contributed by atoms with Gasteiger partial charge in [-0.25, -0.2) is 0 Å². The van der Waals surface area contributed by atoms with E-state index < -0.39 is 0 Å². The molecule has 13 heavy (non-hydrogen) atoms. The van der Waals surface area contributed by atoms with Gasteiger partial charge in [0, 0.05) is 5.54 Å². The van der Waals surface area contributed by atoms with Crippen LogP contribution < -0.4 is 5.73 Å². The average molecular weight is 185 g/mol. The average Bonchev–Trinajstić information content (AvgIpc) is 2.13. The van der Waals surface area contributed by atoms with Crippen molar-refractivity contribution in [3.05, 3.63) is 0 Å². The van der Waals surface area contributed by atoms with Crippen LogP contribution in [0.15, 0.2) is 0 Å². The highest BCUT2D eigenvalue weighted by Crippen LogP contribution is 2.34. The molecule has 2 unspecified atom stereocenters. The minimum Gasteiger partial charge on any atom is -0.324 e. The van der Waals surface area contributed by atoms with Gasteiger partial charge in [0.1, 0.15) is 0 Å². The van der Waals surface area contributed by atoms with Gasteiger partial charge in [0.05, 0.1) is 0 Å². The molecule has 0 saturated carbocycles. The lowest BCUT2D eigenvalue weighted by Crippen LogP contribution is -2.55. The Morgan fingerprint density at radius 2 is 1.23 bits per heavy atom. The second kappa shape index (κ2) is 4.99. The van der Waals surface area contributed by atoms with Gasteiger partial charge in [-0.3, -0.25) is 0 Å². The van der Waals surface area contributed by atoms with E-state index in [1.807, 2.05) is 0 Å². The third-order valence-corrected chi connectivity index (χ3v) is 3.93. The van der Waals surface area contributed by atoms with E-state index in [-0.39, 0.29) is 5.54 Å². The van der Waals surface area contributed by atoms with Crippen LogP contribution in [0.3, 0.4) is 0 Å². The first-order valence-corrected chi connectivity index (χ1v) is 5.69. The molecule has 0 aliphatic heterocycles. The molecule has 0 bridgehead atoms. The molecule has 80 valence electrons. The summed E-state index contributed by atoms with van der Waals surface area (Å²) in [6, 6.07) is 0. The topological polar surface area (TPSA) is 26.0 Å². The van der Waals surface area contributed by atoms with Crippen molar-refractivity contribution in [3.8, 4) is 0 Å². The summed E-state index contributed by atoms with van der Waals surface area (Å²) in [4.78, 5) is 0. The van der Waals surface area contributed by atoms with E-state index >= 15 is 0 Å². The van der Waals surface area contributed by atoms with Gasteiger partial charge in [-0.05, 0) is 17.8 Å². The number of hydrogen-bond acceptors (Lipinski definition) is 1. The lowest BCUT2D eigenvalue weighted by atomic mass is 9.67. The third kappa shape index (κ3) is 2.46. The van der Waals surface area contributed by atoms with Crippen LogP contribution in [-0.4, -0.2) is 5.54 Å². The Hall–Kier alpha value is -0.0400. The SMILES string of the molecule is CCC(C)C(N)(C(C)C)C(C)CC.